The minimum atomic E-state index is -0.557. The fourth-order valence-electron chi connectivity index (χ4n) is 1.19. The normalized spacial score (nSPS) is 9.94. The summed E-state index contributed by atoms with van der Waals surface area (Å²) in [5, 5.41) is 0. The van der Waals surface area contributed by atoms with Gasteiger partial charge in [-0.15, -0.1) is 11.8 Å². The van der Waals surface area contributed by atoms with Crippen LogP contribution >= 0.6 is 11.8 Å². The van der Waals surface area contributed by atoms with Crippen LogP contribution in [-0.4, -0.2) is 24.7 Å². The van der Waals surface area contributed by atoms with Gasteiger partial charge in [0.2, 0.25) is 0 Å². The van der Waals surface area contributed by atoms with Crippen molar-refractivity contribution in [2.45, 2.75) is 11.3 Å². The van der Waals surface area contributed by atoms with E-state index in [0.717, 1.165) is 4.90 Å². The number of nitrogen functional groups attached to an aromatic ring is 1. The summed E-state index contributed by atoms with van der Waals surface area (Å²) in [5.41, 5.74) is 11.4. The third-order valence-electron chi connectivity index (χ3n) is 2.09. The van der Waals surface area contributed by atoms with Crippen LogP contribution in [0.3, 0.4) is 0 Å². The molecule has 0 fully saturated rings. The number of hydrogen-bond acceptors (Lipinski definition) is 5. The molecule has 0 aliphatic rings. The molecule has 0 spiro atoms. The summed E-state index contributed by atoms with van der Waals surface area (Å²) >= 11 is 1.44. The van der Waals surface area contributed by atoms with Crippen molar-refractivity contribution in [2.75, 3.05) is 18.6 Å². The summed E-state index contributed by atoms with van der Waals surface area (Å²) in [6.45, 7) is 0. The third kappa shape index (κ3) is 3.99. The summed E-state index contributed by atoms with van der Waals surface area (Å²) in [4.78, 5) is 22.8. The molecule has 0 aliphatic heterocycles. The van der Waals surface area contributed by atoms with Crippen LogP contribution in [0.4, 0.5) is 5.69 Å². The van der Waals surface area contributed by atoms with E-state index in [2.05, 4.69) is 4.74 Å². The summed E-state index contributed by atoms with van der Waals surface area (Å²) in [7, 11) is 1.35. The van der Waals surface area contributed by atoms with Crippen molar-refractivity contribution >= 4 is 29.3 Å². The second kappa shape index (κ2) is 6.15. The standard InChI is InChI=1S/C11H14N2O3S/c1-16-10(14)4-5-17-7-2-3-9(12)8(6-7)11(13)15/h2-3,6H,4-5,12H2,1H3,(H2,13,15). The molecule has 0 radical (unpaired) electrons. The summed E-state index contributed by atoms with van der Waals surface area (Å²) < 4.78 is 4.52. The van der Waals surface area contributed by atoms with Crippen LogP contribution in [0.15, 0.2) is 23.1 Å². The van der Waals surface area contributed by atoms with Crippen molar-refractivity contribution in [3.8, 4) is 0 Å². The number of nitrogens with two attached hydrogens (primary N) is 2. The molecule has 0 bridgehead atoms. The maximum atomic E-state index is 11.1. The average molecular weight is 254 g/mol. The topological polar surface area (TPSA) is 95.4 Å². The Kier molecular flexibility index (Phi) is 4.84. The lowest BCUT2D eigenvalue weighted by atomic mass is 10.2. The van der Waals surface area contributed by atoms with Gasteiger partial charge in [-0.25, -0.2) is 0 Å². The van der Waals surface area contributed by atoms with Gasteiger partial charge in [-0.2, -0.15) is 0 Å². The molecular formula is C11H14N2O3S. The van der Waals surface area contributed by atoms with Gasteiger partial charge in [0, 0.05) is 16.3 Å². The molecule has 17 heavy (non-hydrogen) atoms. The van der Waals surface area contributed by atoms with E-state index in [1.807, 2.05) is 0 Å². The van der Waals surface area contributed by atoms with Crippen LogP contribution in [0.1, 0.15) is 16.8 Å². The van der Waals surface area contributed by atoms with Gasteiger partial charge in [0.05, 0.1) is 19.1 Å². The molecule has 1 rings (SSSR count). The van der Waals surface area contributed by atoms with Crippen molar-refractivity contribution < 1.29 is 14.3 Å². The van der Waals surface area contributed by atoms with Gasteiger partial charge in [0.15, 0.2) is 0 Å². The van der Waals surface area contributed by atoms with E-state index in [0.29, 0.717) is 23.4 Å². The highest BCUT2D eigenvalue weighted by atomic mass is 32.2. The lowest BCUT2D eigenvalue weighted by Crippen LogP contribution is -2.13. The van der Waals surface area contributed by atoms with Crippen molar-refractivity contribution in [1.82, 2.24) is 0 Å². The summed E-state index contributed by atoms with van der Waals surface area (Å²) in [6.07, 6.45) is 0.317. The lowest BCUT2D eigenvalue weighted by molar-refractivity contribution is -0.140. The smallest absolute Gasteiger partial charge is 0.306 e. The van der Waals surface area contributed by atoms with E-state index in [1.54, 1.807) is 18.2 Å². The van der Waals surface area contributed by atoms with Gasteiger partial charge in [-0.3, -0.25) is 9.59 Å². The molecule has 0 saturated heterocycles. The van der Waals surface area contributed by atoms with E-state index >= 15 is 0 Å². The second-order valence-electron chi connectivity index (χ2n) is 3.29. The van der Waals surface area contributed by atoms with Crippen LogP contribution in [0.2, 0.25) is 0 Å². The van der Waals surface area contributed by atoms with Crippen LogP contribution in [0, 0.1) is 0 Å². The number of hydrogen-bond donors (Lipinski definition) is 2. The van der Waals surface area contributed by atoms with Gasteiger partial charge >= 0.3 is 5.97 Å². The summed E-state index contributed by atoms with van der Waals surface area (Å²) in [5.74, 6) is -0.240. The Labute approximate surface area is 103 Å². The van der Waals surface area contributed by atoms with Crippen LogP contribution in [0.25, 0.3) is 0 Å². The highest BCUT2D eigenvalue weighted by Crippen LogP contribution is 2.23. The van der Waals surface area contributed by atoms with Crippen LogP contribution in [-0.2, 0) is 9.53 Å². The fraction of sp³-hybridized carbons (Fsp3) is 0.273. The zero-order chi connectivity index (χ0) is 12.8. The van der Waals surface area contributed by atoms with E-state index in [4.69, 9.17) is 11.5 Å². The highest BCUT2D eigenvalue weighted by Gasteiger charge is 2.07. The van der Waals surface area contributed by atoms with Gasteiger partial charge in [-0.1, -0.05) is 0 Å². The number of primary amides is 1. The van der Waals surface area contributed by atoms with Crippen molar-refractivity contribution in [2.24, 2.45) is 5.73 Å². The van der Waals surface area contributed by atoms with E-state index in [-0.39, 0.29) is 5.97 Å². The van der Waals surface area contributed by atoms with Crippen molar-refractivity contribution in [3.63, 3.8) is 0 Å². The number of carbonyl (C=O) groups is 2. The van der Waals surface area contributed by atoms with Gasteiger partial charge < -0.3 is 16.2 Å². The van der Waals surface area contributed by atoms with Crippen LogP contribution in [0.5, 0.6) is 0 Å². The molecule has 5 nitrogen and oxygen atoms in total. The van der Waals surface area contributed by atoms with Gasteiger partial charge in [0.1, 0.15) is 0 Å². The number of carbonyl (C=O) groups excluding carboxylic acids is 2. The zero-order valence-corrected chi connectivity index (χ0v) is 10.3. The van der Waals surface area contributed by atoms with E-state index < -0.39 is 5.91 Å². The molecule has 0 atom stereocenters. The minimum Gasteiger partial charge on any atom is -0.469 e. The first-order chi connectivity index (χ1) is 8.04. The van der Waals surface area contributed by atoms with E-state index in [9.17, 15) is 9.59 Å². The number of ether oxygens (including phenoxy) is 1. The minimum absolute atomic E-state index is 0.261. The first-order valence-electron chi connectivity index (χ1n) is 4.93. The molecule has 0 unspecified atom stereocenters. The molecule has 0 saturated carbocycles. The highest BCUT2D eigenvalue weighted by molar-refractivity contribution is 7.99. The lowest BCUT2D eigenvalue weighted by Gasteiger charge is -2.05. The molecule has 0 aliphatic carbocycles. The number of rotatable bonds is 5. The quantitative estimate of drug-likeness (QED) is 0.464. The Morgan fingerprint density at radius 2 is 2.12 bits per heavy atom. The maximum absolute atomic E-state index is 11.1. The first kappa shape index (κ1) is 13.4. The third-order valence-corrected chi connectivity index (χ3v) is 3.09. The van der Waals surface area contributed by atoms with Crippen molar-refractivity contribution in [1.29, 1.82) is 0 Å². The molecule has 1 aromatic rings. The fourth-order valence-corrected chi connectivity index (χ4v) is 2.06. The number of thioether (sulfide) groups is 1. The molecule has 0 aromatic heterocycles. The van der Waals surface area contributed by atoms with Crippen LogP contribution < -0.4 is 11.5 Å². The monoisotopic (exact) mass is 254 g/mol. The predicted molar refractivity (Wildman–Crippen MR) is 66.7 cm³/mol. The average Bonchev–Trinajstić information content (AvgIpc) is 2.30. The Morgan fingerprint density at radius 3 is 2.71 bits per heavy atom. The SMILES string of the molecule is COC(=O)CCSc1ccc(N)c(C(N)=O)c1. The maximum Gasteiger partial charge on any atom is 0.306 e. The van der Waals surface area contributed by atoms with Gasteiger partial charge in [-0.05, 0) is 18.2 Å². The molecule has 0 heterocycles. The molecule has 1 aromatic carbocycles. The summed E-state index contributed by atoms with van der Waals surface area (Å²) in [6, 6.07) is 5.03. The van der Waals surface area contributed by atoms with Gasteiger partial charge in [0.25, 0.3) is 5.91 Å². The Morgan fingerprint density at radius 1 is 1.41 bits per heavy atom. The second-order valence-corrected chi connectivity index (χ2v) is 4.46. The Balaban J connectivity index is 2.63. The number of amides is 1. The molecule has 6 heteroatoms. The molecule has 4 N–H and O–H groups in total. The Hall–Kier alpha value is -1.69. The predicted octanol–water partition coefficient (Wildman–Crippen LogP) is 1.02. The molecular weight excluding hydrogens is 240 g/mol. The largest absolute Gasteiger partial charge is 0.469 e. The zero-order valence-electron chi connectivity index (χ0n) is 9.43. The number of benzene rings is 1. The molecule has 92 valence electrons. The first-order valence-corrected chi connectivity index (χ1v) is 5.92. The number of esters is 1. The Bertz CT molecular complexity index is 435. The number of methoxy groups -OCH3 is 1. The van der Waals surface area contributed by atoms with Crippen molar-refractivity contribution in [3.05, 3.63) is 23.8 Å². The van der Waals surface area contributed by atoms with E-state index in [1.165, 1.54) is 18.9 Å². The number of anilines is 1. The molecule has 1 amide bonds.